The Bertz CT molecular complexity index is 743. The SMILES string of the molecule is CC(=O)[C@@H](Cc1ccccc1)NC(=O)CN1CCc2ccccc2C1. The van der Waals surface area contributed by atoms with E-state index in [1.165, 1.54) is 18.1 Å². The molecule has 1 amide bonds. The Balaban J connectivity index is 1.56. The van der Waals surface area contributed by atoms with Crippen LogP contribution in [0.15, 0.2) is 54.6 Å². The molecule has 1 aliphatic heterocycles. The molecule has 0 aliphatic carbocycles. The largest absolute Gasteiger partial charge is 0.345 e. The number of Topliss-reactive ketones (excluding diaryl/α,β-unsaturated/α-hetero) is 1. The second-order valence-corrected chi connectivity index (χ2v) is 6.65. The van der Waals surface area contributed by atoms with Crippen molar-refractivity contribution in [3.63, 3.8) is 0 Å². The summed E-state index contributed by atoms with van der Waals surface area (Å²) >= 11 is 0. The Morgan fingerprint density at radius 1 is 1.04 bits per heavy atom. The first-order valence-corrected chi connectivity index (χ1v) is 8.74. The zero-order valence-corrected chi connectivity index (χ0v) is 14.6. The molecule has 130 valence electrons. The van der Waals surface area contributed by atoms with Crippen LogP contribution < -0.4 is 5.32 Å². The van der Waals surface area contributed by atoms with Gasteiger partial charge in [-0.2, -0.15) is 0 Å². The molecule has 4 nitrogen and oxygen atoms in total. The van der Waals surface area contributed by atoms with E-state index < -0.39 is 6.04 Å². The molecule has 1 heterocycles. The van der Waals surface area contributed by atoms with Crippen LogP contribution in [0.4, 0.5) is 0 Å². The number of carbonyl (C=O) groups excluding carboxylic acids is 2. The van der Waals surface area contributed by atoms with Gasteiger partial charge in [0.25, 0.3) is 0 Å². The standard InChI is InChI=1S/C21H24N2O2/c1-16(24)20(13-17-7-3-2-4-8-17)22-21(25)15-23-12-11-18-9-5-6-10-19(18)14-23/h2-10,20H,11-15H2,1H3,(H,22,25)/t20-/m1/s1. The fourth-order valence-corrected chi connectivity index (χ4v) is 3.28. The number of ketones is 1. The molecule has 0 unspecified atom stereocenters. The van der Waals surface area contributed by atoms with Gasteiger partial charge < -0.3 is 5.32 Å². The average molecular weight is 336 g/mol. The molecule has 25 heavy (non-hydrogen) atoms. The van der Waals surface area contributed by atoms with E-state index in [0.29, 0.717) is 13.0 Å². The highest BCUT2D eigenvalue weighted by Crippen LogP contribution is 2.18. The van der Waals surface area contributed by atoms with Gasteiger partial charge in [-0.3, -0.25) is 14.5 Å². The topological polar surface area (TPSA) is 49.4 Å². The maximum atomic E-state index is 12.4. The Kier molecular flexibility index (Phi) is 5.61. The van der Waals surface area contributed by atoms with Crippen LogP contribution in [0.3, 0.4) is 0 Å². The first-order valence-electron chi connectivity index (χ1n) is 8.74. The maximum Gasteiger partial charge on any atom is 0.234 e. The van der Waals surface area contributed by atoms with Crippen LogP contribution >= 0.6 is 0 Å². The van der Waals surface area contributed by atoms with Crippen molar-refractivity contribution >= 4 is 11.7 Å². The van der Waals surface area contributed by atoms with Crippen LogP contribution in [0.2, 0.25) is 0 Å². The highest BCUT2D eigenvalue weighted by atomic mass is 16.2. The van der Waals surface area contributed by atoms with Crippen LogP contribution in [0.1, 0.15) is 23.6 Å². The summed E-state index contributed by atoms with van der Waals surface area (Å²) in [6.45, 7) is 3.51. The smallest absolute Gasteiger partial charge is 0.234 e. The van der Waals surface area contributed by atoms with E-state index in [1.54, 1.807) is 0 Å². The predicted octanol–water partition coefficient (Wildman–Crippen LogP) is 2.36. The van der Waals surface area contributed by atoms with Crippen molar-refractivity contribution in [2.24, 2.45) is 0 Å². The summed E-state index contributed by atoms with van der Waals surface area (Å²) in [4.78, 5) is 26.5. The second kappa shape index (κ2) is 8.08. The third-order valence-corrected chi connectivity index (χ3v) is 4.69. The number of nitrogens with one attached hydrogen (secondary N) is 1. The van der Waals surface area contributed by atoms with E-state index in [1.807, 2.05) is 36.4 Å². The fourth-order valence-electron chi connectivity index (χ4n) is 3.28. The van der Waals surface area contributed by atoms with Crippen molar-refractivity contribution < 1.29 is 9.59 Å². The molecule has 2 aromatic rings. The Morgan fingerprint density at radius 3 is 2.44 bits per heavy atom. The summed E-state index contributed by atoms with van der Waals surface area (Å²) in [5.41, 5.74) is 3.70. The number of hydrogen-bond acceptors (Lipinski definition) is 3. The number of fused-ring (bicyclic) bond motifs is 1. The minimum absolute atomic E-state index is 0.0128. The average Bonchev–Trinajstić information content (AvgIpc) is 2.62. The van der Waals surface area contributed by atoms with Gasteiger partial charge in [0, 0.05) is 13.1 Å². The monoisotopic (exact) mass is 336 g/mol. The summed E-state index contributed by atoms with van der Waals surface area (Å²) in [5.74, 6) is -0.100. The van der Waals surface area contributed by atoms with Crippen LogP contribution in [0.25, 0.3) is 0 Å². The molecule has 0 bridgehead atoms. The van der Waals surface area contributed by atoms with Gasteiger partial charge in [0.2, 0.25) is 5.91 Å². The predicted molar refractivity (Wildman–Crippen MR) is 98.2 cm³/mol. The van der Waals surface area contributed by atoms with Crippen molar-refractivity contribution in [2.45, 2.75) is 32.4 Å². The lowest BCUT2D eigenvalue weighted by Gasteiger charge is -2.28. The molecular formula is C21H24N2O2. The third-order valence-electron chi connectivity index (χ3n) is 4.69. The lowest BCUT2D eigenvalue weighted by atomic mass is 10.00. The number of rotatable bonds is 6. The Labute approximate surface area is 148 Å². The van der Waals surface area contributed by atoms with Gasteiger partial charge in [-0.1, -0.05) is 54.6 Å². The summed E-state index contributed by atoms with van der Waals surface area (Å²) in [6, 6.07) is 17.7. The molecule has 0 radical (unpaired) electrons. The van der Waals surface area contributed by atoms with Gasteiger partial charge in [-0.25, -0.2) is 0 Å². The molecule has 3 rings (SSSR count). The highest BCUT2D eigenvalue weighted by molar-refractivity contribution is 5.88. The van der Waals surface area contributed by atoms with Gasteiger partial charge in [0.1, 0.15) is 0 Å². The molecule has 0 aromatic heterocycles. The van der Waals surface area contributed by atoms with E-state index in [9.17, 15) is 9.59 Å². The van der Waals surface area contributed by atoms with Crippen LogP contribution in [0, 0.1) is 0 Å². The molecule has 1 aliphatic rings. The highest BCUT2D eigenvalue weighted by Gasteiger charge is 2.21. The van der Waals surface area contributed by atoms with Gasteiger partial charge in [0.15, 0.2) is 5.78 Å². The minimum Gasteiger partial charge on any atom is -0.345 e. The zero-order chi connectivity index (χ0) is 17.6. The third kappa shape index (κ3) is 4.77. The van der Waals surface area contributed by atoms with E-state index >= 15 is 0 Å². The van der Waals surface area contributed by atoms with Crippen LogP contribution in [0.5, 0.6) is 0 Å². The molecule has 4 heteroatoms. The summed E-state index contributed by atoms with van der Waals surface area (Å²) in [5, 5.41) is 2.91. The molecule has 1 atom stereocenters. The second-order valence-electron chi connectivity index (χ2n) is 6.65. The molecular weight excluding hydrogens is 312 g/mol. The molecule has 1 N–H and O–H groups in total. The van der Waals surface area contributed by atoms with E-state index in [-0.39, 0.29) is 11.7 Å². The number of amides is 1. The number of carbonyl (C=O) groups is 2. The minimum atomic E-state index is -0.466. The molecule has 0 spiro atoms. The molecule has 0 saturated heterocycles. The molecule has 2 aromatic carbocycles. The quantitative estimate of drug-likeness (QED) is 0.881. The maximum absolute atomic E-state index is 12.4. The van der Waals surface area contributed by atoms with Crippen molar-refractivity contribution in [1.29, 1.82) is 0 Å². The van der Waals surface area contributed by atoms with Gasteiger partial charge in [-0.05, 0) is 36.5 Å². The van der Waals surface area contributed by atoms with Crippen molar-refractivity contribution in [1.82, 2.24) is 10.2 Å². The molecule has 0 fully saturated rings. The molecule has 0 saturated carbocycles. The van der Waals surface area contributed by atoms with Crippen LogP contribution in [-0.4, -0.2) is 35.7 Å². The first kappa shape index (κ1) is 17.4. The van der Waals surface area contributed by atoms with Crippen molar-refractivity contribution in [3.05, 3.63) is 71.3 Å². The Hall–Kier alpha value is -2.46. The number of nitrogens with zero attached hydrogens (tertiary/aromatic N) is 1. The fraction of sp³-hybridized carbons (Fsp3) is 0.333. The number of benzene rings is 2. The number of hydrogen-bond donors (Lipinski definition) is 1. The van der Waals surface area contributed by atoms with Crippen molar-refractivity contribution in [3.8, 4) is 0 Å². The summed E-state index contributed by atoms with van der Waals surface area (Å²) < 4.78 is 0. The van der Waals surface area contributed by atoms with Gasteiger partial charge in [-0.15, -0.1) is 0 Å². The van der Waals surface area contributed by atoms with Gasteiger partial charge in [0.05, 0.1) is 12.6 Å². The van der Waals surface area contributed by atoms with Gasteiger partial charge >= 0.3 is 0 Å². The summed E-state index contributed by atoms with van der Waals surface area (Å²) in [7, 11) is 0. The van der Waals surface area contributed by atoms with E-state index in [0.717, 1.165) is 25.1 Å². The van der Waals surface area contributed by atoms with Crippen molar-refractivity contribution in [2.75, 3.05) is 13.1 Å². The lowest BCUT2D eigenvalue weighted by molar-refractivity contribution is -0.127. The van der Waals surface area contributed by atoms with E-state index in [4.69, 9.17) is 0 Å². The normalized spacial score (nSPS) is 15.2. The Morgan fingerprint density at radius 2 is 1.72 bits per heavy atom. The first-order chi connectivity index (χ1) is 12.1. The lowest BCUT2D eigenvalue weighted by Crippen LogP contribution is -2.46. The van der Waals surface area contributed by atoms with E-state index in [2.05, 4.69) is 28.4 Å². The zero-order valence-electron chi connectivity index (χ0n) is 14.6. The van der Waals surface area contributed by atoms with Crippen LogP contribution in [-0.2, 0) is 29.0 Å². The summed E-state index contributed by atoms with van der Waals surface area (Å²) in [6.07, 6.45) is 1.49.